The Kier molecular flexibility index (Phi) is 5.33. The van der Waals surface area contributed by atoms with Gasteiger partial charge in [-0.1, -0.05) is 34.8 Å². The van der Waals surface area contributed by atoms with E-state index in [0.29, 0.717) is 21.8 Å². The third kappa shape index (κ3) is 3.54. The van der Waals surface area contributed by atoms with Crippen molar-refractivity contribution < 1.29 is 8.81 Å². The molecule has 1 saturated heterocycles. The number of nitrogens with zero attached hydrogens (tertiary/aromatic N) is 2. The van der Waals surface area contributed by atoms with Crippen molar-refractivity contribution in [3.05, 3.63) is 76.5 Å². The summed E-state index contributed by atoms with van der Waals surface area (Å²) in [5, 5.41) is 4.20. The molecule has 0 amide bonds. The maximum absolute atomic E-state index is 14.5. The van der Waals surface area contributed by atoms with E-state index in [9.17, 15) is 4.39 Å². The quantitative estimate of drug-likeness (QED) is 0.448. The highest BCUT2D eigenvalue weighted by atomic mass is 79.9. The fourth-order valence-electron chi connectivity index (χ4n) is 4.59. The number of pyridine rings is 1. The maximum Gasteiger partial charge on any atom is 0.170 e. The standard InChI is InChI=1S/C23H21BrFN3OS/c24-14-8-9-16(17(25)13-14)19-10-11-20(29-19)22-21(18-7-3-4-12-26-18)27-23(30)28(22)15-5-1-2-6-15/h3-4,7-13,15,21-22H,1-2,5-6H2,(H,27,30)/t21-,22+/m0/s1. The highest BCUT2D eigenvalue weighted by Gasteiger charge is 2.45. The monoisotopic (exact) mass is 485 g/mol. The largest absolute Gasteiger partial charge is 0.459 e. The Morgan fingerprint density at radius 2 is 1.97 bits per heavy atom. The molecule has 1 saturated carbocycles. The van der Waals surface area contributed by atoms with Crippen molar-refractivity contribution in [3.8, 4) is 11.3 Å². The molecule has 0 bridgehead atoms. The van der Waals surface area contributed by atoms with Crippen LogP contribution in [0.15, 0.2) is 63.6 Å². The van der Waals surface area contributed by atoms with Gasteiger partial charge in [0.25, 0.3) is 0 Å². The number of thiocarbonyl (C=S) groups is 1. The molecule has 1 aliphatic heterocycles. The van der Waals surface area contributed by atoms with E-state index < -0.39 is 0 Å². The van der Waals surface area contributed by atoms with E-state index >= 15 is 0 Å². The normalized spacial score (nSPS) is 21.9. The number of rotatable bonds is 4. The molecule has 30 heavy (non-hydrogen) atoms. The van der Waals surface area contributed by atoms with Crippen LogP contribution in [0.25, 0.3) is 11.3 Å². The molecule has 4 nitrogen and oxygen atoms in total. The van der Waals surface area contributed by atoms with E-state index in [1.807, 2.05) is 36.4 Å². The summed E-state index contributed by atoms with van der Waals surface area (Å²) >= 11 is 9.05. The van der Waals surface area contributed by atoms with Gasteiger partial charge in [0, 0.05) is 16.7 Å². The summed E-state index contributed by atoms with van der Waals surface area (Å²) in [6.07, 6.45) is 6.43. The molecule has 0 unspecified atom stereocenters. The van der Waals surface area contributed by atoms with Gasteiger partial charge < -0.3 is 14.6 Å². The number of furan rings is 1. The first-order valence-electron chi connectivity index (χ1n) is 10.2. The van der Waals surface area contributed by atoms with Crippen LogP contribution in [0.3, 0.4) is 0 Å². The van der Waals surface area contributed by atoms with Crippen molar-refractivity contribution in [2.24, 2.45) is 0 Å². The zero-order valence-electron chi connectivity index (χ0n) is 16.2. The lowest BCUT2D eigenvalue weighted by Crippen LogP contribution is -2.37. The summed E-state index contributed by atoms with van der Waals surface area (Å²) in [4.78, 5) is 6.85. The molecule has 2 fully saturated rings. The number of benzene rings is 1. The minimum atomic E-state index is -0.320. The summed E-state index contributed by atoms with van der Waals surface area (Å²) in [6.45, 7) is 0. The third-order valence-corrected chi connectivity index (χ3v) is 6.79. The topological polar surface area (TPSA) is 41.3 Å². The molecule has 2 atom stereocenters. The molecular formula is C23H21BrFN3OS. The van der Waals surface area contributed by atoms with E-state index in [-0.39, 0.29) is 17.9 Å². The highest BCUT2D eigenvalue weighted by molar-refractivity contribution is 9.10. The van der Waals surface area contributed by atoms with Crippen LogP contribution >= 0.6 is 28.1 Å². The molecule has 0 spiro atoms. The van der Waals surface area contributed by atoms with Gasteiger partial charge in [0.15, 0.2) is 5.11 Å². The van der Waals surface area contributed by atoms with Crippen LogP contribution in [-0.4, -0.2) is 21.0 Å². The first-order valence-corrected chi connectivity index (χ1v) is 11.4. The maximum atomic E-state index is 14.5. The fraction of sp³-hybridized carbons (Fsp3) is 0.304. The van der Waals surface area contributed by atoms with Crippen LogP contribution in [0, 0.1) is 5.82 Å². The van der Waals surface area contributed by atoms with Gasteiger partial charge in [-0.25, -0.2) is 4.39 Å². The number of halogens is 2. The minimum absolute atomic E-state index is 0.118. The lowest BCUT2D eigenvalue weighted by molar-refractivity contribution is 0.218. The first kappa shape index (κ1) is 19.7. The van der Waals surface area contributed by atoms with Crippen LogP contribution in [0.2, 0.25) is 0 Å². The predicted octanol–water partition coefficient (Wildman–Crippen LogP) is 6.16. The Balaban J connectivity index is 1.55. The zero-order chi connectivity index (χ0) is 20.7. The van der Waals surface area contributed by atoms with Crippen LogP contribution in [0.4, 0.5) is 4.39 Å². The van der Waals surface area contributed by atoms with Crippen molar-refractivity contribution in [2.75, 3.05) is 0 Å². The molecule has 7 heteroatoms. The van der Waals surface area contributed by atoms with Gasteiger partial charge in [-0.15, -0.1) is 0 Å². The van der Waals surface area contributed by atoms with E-state index in [2.05, 4.69) is 31.1 Å². The van der Waals surface area contributed by atoms with Gasteiger partial charge in [0.05, 0.1) is 17.3 Å². The average Bonchev–Trinajstić information content (AvgIpc) is 3.48. The Morgan fingerprint density at radius 1 is 1.13 bits per heavy atom. The van der Waals surface area contributed by atoms with Gasteiger partial charge in [0.2, 0.25) is 0 Å². The van der Waals surface area contributed by atoms with Crippen molar-refractivity contribution in [2.45, 2.75) is 43.8 Å². The molecule has 1 aliphatic carbocycles. The van der Waals surface area contributed by atoms with Gasteiger partial charge in [-0.3, -0.25) is 4.98 Å². The minimum Gasteiger partial charge on any atom is -0.459 e. The van der Waals surface area contributed by atoms with Gasteiger partial charge in [0.1, 0.15) is 23.4 Å². The number of hydrogen-bond donors (Lipinski definition) is 1. The van der Waals surface area contributed by atoms with Gasteiger partial charge in [-0.2, -0.15) is 0 Å². The molecule has 0 radical (unpaired) electrons. The van der Waals surface area contributed by atoms with E-state index in [1.54, 1.807) is 12.3 Å². The van der Waals surface area contributed by atoms with Crippen molar-refractivity contribution in [1.29, 1.82) is 0 Å². The van der Waals surface area contributed by atoms with Crippen LogP contribution < -0.4 is 5.32 Å². The molecule has 154 valence electrons. The number of aromatic nitrogens is 1. The Hall–Kier alpha value is -2.25. The Labute approximate surface area is 188 Å². The van der Waals surface area contributed by atoms with Crippen LogP contribution in [-0.2, 0) is 0 Å². The van der Waals surface area contributed by atoms with Crippen molar-refractivity contribution in [1.82, 2.24) is 15.2 Å². The van der Waals surface area contributed by atoms with Gasteiger partial charge in [-0.05, 0) is 67.5 Å². The molecule has 2 aliphatic rings. The Morgan fingerprint density at radius 3 is 2.70 bits per heavy atom. The zero-order valence-corrected chi connectivity index (χ0v) is 18.6. The Bertz CT molecular complexity index is 1070. The van der Waals surface area contributed by atoms with Crippen molar-refractivity contribution in [3.63, 3.8) is 0 Å². The smallest absolute Gasteiger partial charge is 0.170 e. The van der Waals surface area contributed by atoms with E-state index in [4.69, 9.17) is 16.6 Å². The molecule has 1 aromatic carbocycles. The second-order valence-electron chi connectivity index (χ2n) is 7.80. The lowest BCUT2D eigenvalue weighted by Gasteiger charge is -2.31. The molecule has 2 aromatic heterocycles. The van der Waals surface area contributed by atoms with E-state index in [0.717, 1.165) is 29.4 Å². The average molecular weight is 486 g/mol. The molecule has 3 heterocycles. The first-order chi connectivity index (χ1) is 14.6. The number of hydrogen-bond acceptors (Lipinski definition) is 3. The summed E-state index contributed by atoms with van der Waals surface area (Å²) < 4.78 is 21.4. The second kappa shape index (κ2) is 8.12. The van der Waals surface area contributed by atoms with Crippen LogP contribution in [0.1, 0.15) is 49.2 Å². The highest BCUT2D eigenvalue weighted by Crippen LogP contribution is 2.44. The summed E-state index contributed by atoms with van der Waals surface area (Å²) in [7, 11) is 0. The van der Waals surface area contributed by atoms with Crippen molar-refractivity contribution >= 4 is 33.3 Å². The molecule has 3 aromatic rings. The predicted molar refractivity (Wildman–Crippen MR) is 121 cm³/mol. The summed E-state index contributed by atoms with van der Waals surface area (Å²) in [6, 6.07) is 14.8. The van der Waals surface area contributed by atoms with Crippen LogP contribution in [0.5, 0.6) is 0 Å². The van der Waals surface area contributed by atoms with E-state index in [1.165, 1.54) is 18.9 Å². The SMILES string of the molecule is Fc1cc(Br)ccc1-c1ccc([C@@H]2[C@H](c3ccccn3)NC(=S)N2C2CCCC2)o1. The molecule has 1 N–H and O–H groups in total. The summed E-state index contributed by atoms with van der Waals surface area (Å²) in [5.41, 5.74) is 1.36. The number of nitrogens with one attached hydrogen (secondary N) is 1. The lowest BCUT2D eigenvalue weighted by atomic mass is 10.0. The summed E-state index contributed by atoms with van der Waals surface area (Å²) in [5.74, 6) is 0.959. The molecular weight excluding hydrogens is 465 g/mol. The fourth-order valence-corrected chi connectivity index (χ4v) is 5.31. The molecule has 5 rings (SSSR count). The second-order valence-corrected chi connectivity index (χ2v) is 9.10. The van der Waals surface area contributed by atoms with Gasteiger partial charge >= 0.3 is 0 Å². The third-order valence-electron chi connectivity index (χ3n) is 5.97.